The van der Waals surface area contributed by atoms with Crippen molar-refractivity contribution in [1.82, 2.24) is 15.1 Å². The van der Waals surface area contributed by atoms with Crippen molar-refractivity contribution in [1.29, 1.82) is 0 Å². The summed E-state index contributed by atoms with van der Waals surface area (Å²) < 4.78 is 1.81. The molecule has 22 heavy (non-hydrogen) atoms. The predicted molar refractivity (Wildman–Crippen MR) is 90.7 cm³/mol. The Balaban J connectivity index is 1.80. The van der Waals surface area contributed by atoms with E-state index in [0.717, 1.165) is 21.5 Å². The zero-order valence-corrected chi connectivity index (χ0v) is 14.1. The molecule has 6 heteroatoms. The SMILES string of the molecule is Cc1nn(C)c2sc(C(=O)NC(C)c3ccc(Cl)cc3)cc12. The van der Waals surface area contributed by atoms with Crippen molar-refractivity contribution in [2.45, 2.75) is 19.9 Å². The van der Waals surface area contributed by atoms with Crippen molar-refractivity contribution in [2.24, 2.45) is 7.05 Å². The summed E-state index contributed by atoms with van der Waals surface area (Å²) in [7, 11) is 1.89. The standard InChI is InChI=1S/C16H16ClN3OS/c1-9(11-4-6-12(17)7-5-11)18-15(21)14-8-13-10(2)19-20(3)16(13)22-14/h4-9H,1-3H3,(H,18,21). The van der Waals surface area contributed by atoms with Crippen LogP contribution in [0.15, 0.2) is 30.3 Å². The van der Waals surface area contributed by atoms with Crippen LogP contribution in [-0.2, 0) is 7.05 Å². The number of rotatable bonds is 3. The van der Waals surface area contributed by atoms with Crippen LogP contribution in [-0.4, -0.2) is 15.7 Å². The van der Waals surface area contributed by atoms with Gasteiger partial charge in [-0.1, -0.05) is 23.7 Å². The normalized spacial score (nSPS) is 12.5. The van der Waals surface area contributed by atoms with Gasteiger partial charge in [-0.05, 0) is 37.6 Å². The second-order valence-corrected chi connectivity index (χ2v) is 6.75. The molecule has 0 aliphatic carbocycles. The Labute approximate surface area is 137 Å². The number of carbonyl (C=O) groups is 1. The number of amides is 1. The van der Waals surface area contributed by atoms with Crippen molar-refractivity contribution in [2.75, 3.05) is 0 Å². The maximum atomic E-state index is 12.4. The molecule has 3 rings (SSSR count). The highest BCUT2D eigenvalue weighted by atomic mass is 35.5. The summed E-state index contributed by atoms with van der Waals surface area (Å²) in [5.41, 5.74) is 1.97. The molecule has 2 heterocycles. The first-order valence-corrected chi connectivity index (χ1v) is 8.14. The molecule has 4 nitrogen and oxygen atoms in total. The summed E-state index contributed by atoms with van der Waals surface area (Å²) in [5.74, 6) is -0.0666. The number of thiophene rings is 1. The van der Waals surface area contributed by atoms with Gasteiger partial charge in [0.2, 0.25) is 0 Å². The lowest BCUT2D eigenvalue weighted by atomic mass is 10.1. The minimum Gasteiger partial charge on any atom is -0.345 e. The zero-order valence-electron chi connectivity index (χ0n) is 12.6. The Kier molecular flexibility index (Phi) is 3.93. The van der Waals surface area contributed by atoms with Gasteiger partial charge in [-0.3, -0.25) is 9.48 Å². The van der Waals surface area contributed by atoms with Gasteiger partial charge in [0.05, 0.1) is 16.6 Å². The lowest BCUT2D eigenvalue weighted by Gasteiger charge is -2.13. The van der Waals surface area contributed by atoms with Gasteiger partial charge < -0.3 is 5.32 Å². The van der Waals surface area contributed by atoms with Gasteiger partial charge in [-0.25, -0.2) is 0 Å². The molecule has 0 spiro atoms. The summed E-state index contributed by atoms with van der Waals surface area (Å²) in [4.78, 5) is 14.1. The van der Waals surface area contributed by atoms with Crippen molar-refractivity contribution in [3.63, 3.8) is 0 Å². The summed E-state index contributed by atoms with van der Waals surface area (Å²) in [6.07, 6.45) is 0. The fraction of sp³-hybridized carbons (Fsp3) is 0.250. The van der Waals surface area contributed by atoms with Crippen LogP contribution in [0.3, 0.4) is 0 Å². The number of benzene rings is 1. The van der Waals surface area contributed by atoms with Crippen molar-refractivity contribution < 1.29 is 4.79 Å². The number of nitrogens with one attached hydrogen (secondary N) is 1. The number of halogens is 1. The number of fused-ring (bicyclic) bond motifs is 1. The molecule has 1 aromatic carbocycles. The first-order valence-electron chi connectivity index (χ1n) is 6.95. The van der Waals surface area contributed by atoms with Gasteiger partial charge in [-0.2, -0.15) is 5.10 Å². The number of nitrogens with zero attached hydrogens (tertiary/aromatic N) is 2. The average Bonchev–Trinajstić information content (AvgIpc) is 3.02. The van der Waals surface area contributed by atoms with E-state index in [9.17, 15) is 4.79 Å². The zero-order chi connectivity index (χ0) is 15.9. The molecule has 0 aliphatic heterocycles. The van der Waals surface area contributed by atoms with Gasteiger partial charge in [0.1, 0.15) is 4.83 Å². The maximum Gasteiger partial charge on any atom is 0.261 e. The fourth-order valence-corrected chi connectivity index (χ4v) is 3.57. The highest BCUT2D eigenvalue weighted by Crippen LogP contribution is 2.28. The average molecular weight is 334 g/mol. The van der Waals surface area contributed by atoms with Gasteiger partial charge in [0, 0.05) is 17.5 Å². The number of hydrogen-bond donors (Lipinski definition) is 1. The minimum absolute atomic E-state index is 0.0666. The molecular formula is C16H16ClN3OS. The monoisotopic (exact) mass is 333 g/mol. The van der Waals surface area contributed by atoms with E-state index < -0.39 is 0 Å². The van der Waals surface area contributed by atoms with Crippen LogP contribution in [0.5, 0.6) is 0 Å². The van der Waals surface area contributed by atoms with Crippen molar-refractivity contribution >= 4 is 39.1 Å². The predicted octanol–water partition coefficient (Wildman–Crippen LogP) is 4.09. The molecule has 0 radical (unpaired) electrons. The van der Waals surface area contributed by atoms with E-state index in [1.54, 1.807) is 0 Å². The van der Waals surface area contributed by atoms with Crippen LogP contribution < -0.4 is 5.32 Å². The van der Waals surface area contributed by atoms with E-state index in [-0.39, 0.29) is 11.9 Å². The van der Waals surface area contributed by atoms with E-state index in [1.807, 2.05) is 55.9 Å². The van der Waals surface area contributed by atoms with E-state index in [4.69, 9.17) is 11.6 Å². The molecule has 1 atom stereocenters. The second-order valence-electron chi connectivity index (χ2n) is 5.29. The number of hydrogen-bond acceptors (Lipinski definition) is 3. The van der Waals surface area contributed by atoms with E-state index in [2.05, 4.69) is 10.4 Å². The van der Waals surface area contributed by atoms with E-state index in [0.29, 0.717) is 9.90 Å². The van der Waals surface area contributed by atoms with Crippen LogP contribution in [0.2, 0.25) is 5.02 Å². The summed E-state index contributed by atoms with van der Waals surface area (Å²) in [6, 6.07) is 9.33. The summed E-state index contributed by atoms with van der Waals surface area (Å²) in [6.45, 7) is 3.91. The third kappa shape index (κ3) is 2.74. The van der Waals surface area contributed by atoms with Crippen LogP contribution in [0.25, 0.3) is 10.2 Å². The van der Waals surface area contributed by atoms with Gasteiger partial charge >= 0.3 is 0 Å². The fourth-order valence-electron chi connectivity index (χ4n) is 2.42. The third-order valence-corrected chi connectivity index (χ3v) is 5.09. The van der Waals surface area contributed by atoms with Crippen molar-refractivity contribution in [3.8, 4) is 0 Å². The number of aryl methyl sites for hydroxylation is 2. The first-order chi connectivity index (χ1) is 10.5. The van der Waals surface area contributed by atoms with Gasteiger partial charge in [-0.15, -0.1) is 11.3 Å². The molecule has 1 unspecified atom stereocenters. The molecule has 0 bridgehead atoms. The molecule has 0 fully saturated rings. The van der Waals surface area contributed by atoms with E-state index in [1.165, 1.54) is 11.3 Å². The van der Waals surface area contributed by atoms with Crippen molar-refractivity contribution in [3.05, 3.63) is 51.5 Å². The lowest BCUT2D eigenvalue weighted by Crippen LogP contribution is -2.25. The molecule has 0 aliphatic rings. The van der Waals surface area contributed by atoms with Gasteiger partial charge in [0.15, 0.2) is 0 Å². The Morgan fingerprint density at radius 3 is 2.68 bits per heavy atom. The molecule has 114 valence electrons. The second kappa shape index (κ2) is 5.74. The summed E-state index contributed by atoms with van der Waals surface area (Å²) >= 11 is 7.35. The number of aromatic nitrogens is 2. The first kappa shape index (κ1) is 15.1. The molecule has 0 saturated carbocycles. The Hall–Kier alpha value is -1.85. The van der Waals surface area contributed by atoms with Crippen LogP contribution in [0.1, 0.15) is 33.9 Å². The molecule has 1 amide bonds. The molecular weight excluding hydrogens is 318 g/mol. The largest absolute Gasteiger partial charge is 0.345 e. The van der Waals surface area contributed by atoms with Crippen LogP contribution in [0, 0.1) is 6.92 Å². The highest BCUT2D eigenvalue weighted by molar-refractivity contribution is 7.20. The summed E-state index contributed by atoms with van der Waals surface area (Å²) in [5, 5.41) is 9.10. The van der Waals surface area contributed by atoms with Crippen LogP contribution >= 0.6 is 22.9 Å². The quantitative estimate of drug-likeness (QED) is 0.784. The van der Waals surface area contributed by atoms with Gasteiger partial charge in [0.25, 0.3) is 5.91 Å². The Bertz CT molecular complexity index is 801. The molecule has 2 aromatic heterocycles. The Morgan fingerprint density at radius 2 is 2.05 bits per heavy atom. The lowest BCUT2D eigenvalue weighted by molar-refractivity contribution is 0.0944. The molecule has 1 N–H and O–H groups in total. The van der Waals surface area contributed by atoms with E-state index >= 15 is 0 Å². The Morgan fingerprint density at radius 1 is 1.36 bits per heavy atom. The molecule has 0 saturated heterocycles. The molecule has 3 aromatic rings. The third-order valence-electron chi connectivity index (χ3n) is 3.64. The number of carbonyl (C=O) groups excluding carboxylic acids is 1. The van der Waals surface area contributed by atoms with Crippen LogP contribution in [0.4, 0.5) is 0 Å². The highest BCUT2D eigenvalue weighted by Gasteiger charge is 2.17. The topological polar surface area (TPSA) is 46.9 Å². The maximum absolute atomic E-state index is 12.4. The minimum atomic E-state index is -0.0748. The smallest absolute Gasteiger partial charge is 0.261 e.